The first-order valence-electron chi connectivity index (χ1n) is 7.36. The van der Waals surface area contributed by atoms with Crippen LogP contribution in [0.15, 0.2) is 16.2 Å². The Morgan fingerprint density at radius 3 is 3.20 bits per heavy atom. The molecule has 0 spiro atoms. The van der Waals surface area contributed by atoms with Crippen molar-refractivity contribution in [1.29, 1.82) is 0 Å². The Hall–Kier alpha value is -1.69. The highest BCUT2D eigenvalue weighted by Crippen LogP contribution is 2.21. The third-order valence-electron chi connectivity index (χ3n) is 3.87. The number of hydrogen-bond donors (Lipinski definition) is 2. The van der Waals surface area contributed by atoms with Gasteiger partial charge in [-0.05, 0) is 45.1 Å². The van der Waals surface area contributed by atoms with Crippen LogP contribution in [0.2, 0.25) is 0 Å². The monoisotopic (exact) mass is 276 g/mol. The van der Waals surface area contributed by atoms with Crippen molar-refractivity contribution < 1.29 is 9.32 Å². The molecule has 1 atom stereocenters. The van der Waals surface area contributed by atoms with E-state index >= 15 is 0 Å². The highest BCUT2D eigenvalue weighted by atomic mass is 16.5. The zero-order valence-electron chi connectivity index (χ0n) is 11.5. The van der Waals surface area contributed by atoms with Gasteiger partial charge < -0.3 is 15.2 Å². The Bertz CT molecular complexity index is 503. The second-order valence-corrected chi connectivity index (χ2v) is 5.37. The minimum Gasteiger partial charge on any atom is -0.349 e. The van der Waals surface area contributed by atoms with E-state index in [0.717, 1.165) is 32.2 Å². The maximum Gasteiger partial charge on any atom is 0.292 e. The van der Waals surface area contributed by atoms with Gasteiger partial charge in [0.1, 0.15) is 0 Å². The lowest BCUT2D eigenvalue weighted by Crippen LogP contribution is -2.26. The third-order valence-corrected chi connectivity index (χ3v) is 3.87. The topological polar surface area (TPSA) is 80.0 Å². The van der Waals surface area contributed by atoms with Crippen molar-refractivity contribution in [2.75, 3.05) is 13.1 Å². The third kappa shape index (κ3) is 3.07. The van der Waals surface area contributed by atoms with E-state index in [-0.39, 0.29) is 17.8 Å². The van der Waals surface area contributed by atoms with Gasteiger partial charge in [0.05, 0.1) is 6.04 Å². The maximum absolute atomic E-state index is 11.9. The molecule has 2 N–H and O–H groups in total. The average Bonchev–Trinajstić information content (AvgIpc) is 3.20. The first-order valence-corrected chi connectivity index (χ1v) is 7.36. The van der Waals surface area contributed by atoms with Gasteiger partial charge in [0.25, 0.3) is 11.7 Å². The van der Waals surface area contributed by atoms with Crippen LogP contribution >= 0.6 is 0 Å². The largest absolute Gasteiger partial charge is 0.349 e. The summed E-state index contributed by atoms with van der Waals surface area (Å²) in [4.78, 5) is 16.1. The molecule has 1 amide bonds. The Kier molecular flexibility index (Phi) is 4.11. The van der Waals surface area contributed by atoms with Crippen LogP contribution in [0.3, 0.4) is 0 Å². The minimum atomic E-state index is -0.253. The number of amides is 1. The van der Waals surface area contributed by atoms with Crippen LogP contribution in [0.1, 0.15) is 61.1 Å². The highest BCUT2D eigenvalue weighted by Gasteiger charge is 2.24. The van der Waals surface area contributed by atoms with E-state index in [0.29, 0.717) is 12.4 Å². The molecule has 2 heterocycles. The van der Waals surface area contributed by atoms with Crippen LogP contribution in [0.25, 0.3) is 0 Å². The Balaban J connectivity index is 1.49. The van der Waals surface area contributed by atoms with E-state index in [2.05, 4.69) is 26.9 Å². The summed E-state index contributed by atoms with van der Waals surface area (Å²) < 4.78 is 5.15. The van der Waals surface area contributed by atoms with Crippen LogP contribution in [0.5, 0.6) is 0 Å². The van der Waals surface area contributed by atoms with Gasteiger partial charge in [-0.2, -0.15) is 4.98 Å². The summed E-state index contributed by atoms with van der Waals surface area (Å²) in [6.45, 7) is 1.60. The van der Waals surface area contributed by atoms with Gasteiger partial charge in [-0.15, -0.1) is 0 Å². The first kappa shape index (κ1) is 13.3. The molecule has 3 rings (SSSR count). The molecule has 1 aromatic rings. The Labute approximate surface area is 118 Å². The molecule has 1 fully saturated rings. The van der Waals surface area contributed by atoms with Gasteiger partial charge in [-0.25, -0.2) is 0 Å². The van der Waals surface area contributed by atoms with E-state index in [1.165, 1.54) is 18.4 Å². The Morgan fingerprint density at radius 1 is 1.50 bits per heavy atom. The van der Waals surface area contributed by atoms with Gasteiger partial charge in [-0.1, -0.05) is 16.8 Å². The van der Waals surface area contributed by atoms with Crippen molar-refractivity contribution in [1.82, 2.24) is 20.8 Å². The quantitative estimate of drug-likeness (QED) is 0.800. The van der Waals surface area contributed by atoms with Crippen molar-refractivity contribution in [2.24, 2.45) is 0 Å². The van der Waals surface area contributed by atoms with Gasteiger partial charge in [0.2, 0.25) is 5.89 Å². The smallest absolute Gasteiger partial charge is 0.292 e. The number of carbonyl (C=O) groups excluding carboxylic acids is 1. The molecule has 6 heteroatoms. The SMILES string of the molecule is O=C(NCCC1=CCCC1)c1noc(C2CCCN2)n1. The predicted octanol–water partition coefficient (Wildman–Crippen LogP) is 1.72. The lowest BCUT2D eigenvalue weighted by atomic mass is 10.2. The molecular formula is C14H20N4O2. The number of allylic oxidation sites excluding steroid dienone is 1. The van der Waals surface area contributed by atoms with Crippen LogP contribution in [0, 0.1) is 0 Å². The van der Waals surface area contributed by atoms with E-state index in [4.69, 9.17) is 4.52 Å². The van der Waals surface area contributed by atoms with Gasteiger partial charge in [0.15, 0.2) is 0 Å². The summed E-state index contributed by atoms with van der Waals surface area (Å²) in [5.74, 6) is 0.400. The van der Waals surface area contributed by atoms with Crippen LogP contribution in [-0.2, 0) is 0 Å². The number of carbonyl (C=O) groups is 1. The van der Waals surface area contributed by atoms with Crippen molar-refractivity contribution in [2.45, 2.75) is 44.6 Å². The molecule has 20 heavy (non-hydrogen) atoms. The lowest BCUT2D eigenvalue weighted by Gasteiger charge is -2.03. The molecule has 0 aromatic carbocycles. The molecule has 108 valence electrons. The summed E-state index contributed by atoms with van der Waals surface area (Å²) in [7, 11) is 0. The molecule has 1 aliphatic heterocycles. The molecule has 0 saturated carbocycles. The van der Waals surface area contributed by atoms with E-state index in [1.54, 1.807) is 0 Å². The van der Waals surface area contributed by atoms with E-state index in [9.17, 15) is 4.79 Å². The molecule has 0 radical (unpaired) electrons. The van der Waals surface area contributed by atoms with E-state index < -0.39 is 0 Å². The fraction of sp³-hybridized carbons (Fsp3) is 0.643. The number of aromatic nitrogens is 2. The Morgan fingerprint density at radius 2 is 2.45 bits per heavy atom. The average molecular weight is 276 g/mol. The predicted molar refractivity (Wildman–Crippen MR) is 73.2 cm³/mol. The summed E-state index contributed by atoms with van der Waals surface area (Å²) in [6.07, 6.45) is 8.85. The van der Waals surface area contributed by atoms with Crippen LogP contribution < -0.4 is 10.6 Å². The van der Waals surface area contributed by atoms with Gasteiger partial charge >= 0.3 is 0 Å². The summed E-state index contributed by atoms with van der Waals surface area (Å²) in [6, 6.07) is 0.104. The highest BCUT2D eigenvalue weighted by molar-refractivity contribution is 5.90. The van der Waals surface area contributed by atoms with Crippen LogP contribution in [0.4, 0.5) is 0 Å². The zero-order valence-corrected chi connectivity index (χ0v) is 11.5. The number of nitrogens with one attached hydrogen (secondary N) is 2. The number of nitrogens with zero attached hydrogens (tertiary/aromatic N) is 2. The maximum atomic E-state index is 11.9. The van der Waals surface area contributed by atoms with Gasteiger partial charge in [0, 0.05) is 6.54 Å². The lowest BCUT2D eigenvalue weighted by molar-refractivity contribution is 0.0940. The molecule has 1 aliphatic carbocycles. The number of hydrogen-bond acceptors (Lipinski definition) is 5. The molecule has 0 bridgehead atoms. The summed E-state index contributed by atoms with van der Waals surface area (Å²) in [5, 5.41) is 9.87. The van der Waals surface area contributed by atoms with Crippen LogP contribution in [-0.4, -0.2) is 29.1 Å². The minimum absolute atomic E-state index is 0.104. The van der Waals surface area contributed by atoms with Crippen molar-refractivity contribution in [3.05, 3.63) is 23.4 Å². The summed E-state index contributed by atoms with van der Waals surface area (Å²) >= 11 is 0. The second-order valence-electron chi connectivity index (χ2n) is 5.37. The molecule has 1 unspecified atom stereocenters. The van der Waals surface area contributed by atoms with E-state index in [1.807, 2.05) is 0 Å². The molecule has 1 aromatic heterocycles. The van der Waals surface area contributed by atoms with Gasteiger partial charge in [-0.3, -0.25) is 4.79 Å². The normalized spacial score (nSPS) is 22.0. The number of rotatable bonds is 5. The zero-order chi connectivity index (χ0) is 13.8. The molecule has 1 saturated heterocycles. The van der Waals surface area contributed by atoms with Crippen molar-refractivity contribution in [3.63, 3.8) is 0 Å². The first-order chi connectivity index (χ1) is 9.83. The standard InChI is InChI=1S/C14H20N4O2/c19-13(16-9-7-10-4-1-2-5-10)12-17-14(20-18-12)11-6-3-8-15-11/h4,11,15H,1-3,5-9H2,(H,16,19). The second kappa shape index (κ2) is 6.17. The fourth-order valence-corrected chi connectivity index (χ4v) is 2.74. The fourth-order valence-electron chi connectivity index (χ4n) is 2.74. The molecular weight excluding hydrogens is 256 g/mol. The van der Waals surface area contributed by atoms with Crippen molar-refractivity contribution >= 4 is 5.91 Å². The van der Waals surface area contributed by atoms with Crippen molar-refractivity contribution in [3.8, 4) is 0 Å². The molecule has 6 nitrogen and oxygen atoms in total. The summed E-state index contributed by atoms with van der Waals surface area (Å²) in [5.41, 5.74) is 1.44. The molecule has 2 aliphatic rings.